The van der Waals surface area contributed by atoms with Crippen LogP contribution in [0.4, 0.5) is 4.39 Å². The molecule has 19 heavy (non-hydrogen) atoms. The van der Waals surface area contributed by atoms with E-state index in [4.69, 9.17) is 0 Å². The van der Waals surface area contributed by atoms with Crippen LogP contribution in [0.15, 0.2) is 35.8 Å². The first-order valence-electron chi connectivity index (χ1n) is 6.53. The van der Waals surface area contributed by atoms with Crippen LogP contribution in [-0.4, -0.2) is 11.5 Å². The maximum absolute atomic E-state index is 13.3. The summed E-state index contributed by atoms with van der Waals surface area (Å²) in [6.07, 6.45) is 3.61. The second-order valence-electron chi connectivity index (χ2n) is 4.90. The molecule has 2 rings (SSSR count). The Morgan fingerprint density at radius 1 is 1.42 bits per heavy atom. The van der Waals surface area contributed by atoms with Crippen molar-refractivity contribution in [2.45, 2.75) is 32.2 Å². The van der Waals surface area contributed by atoms with Gasteiger partial charge in [0.1, 0.15) is 10.8 Å². The molecular formula is C15H19FN2S. The summed E-state index contributed by atoms with van der Waals surface area (Å²) >= 11 is 1.64. The summed E-state index contributed by atoms with van der Waals surface area (Å²) in [6, 6.07) is 6.79. The fraction of sp³-hybridized carbons (Fsp3) is 0.400. The predicted octanol–water partition coefficient (Wildman–Crippen LogP) is 3.74. The molecule has 0 aliphatic heterocycles. The fourth-order valence-corrected chi connectivity index (χ4v) is 2.94. The number of halogens is 1. The molecule has 1 aromatic heterocycles. The summed E-state index contributed by atoms with van der Waals surface area (Å²) in [4.78, 5) is 4.42. The van der Waals surface area contributed by atoms with Crippen LogP contribution in [-0.2, 0) is 12.0 Å². The van der Waals surface area contributed by atoms with Gasteiger partial charge in [-0.05, 0) is 44.0 Å². The van der Waals surface area contributed by atoms with E-state index in [1.807, 2.05) is 17.6 Å². The van der Waals surface area contributed by atoms with Crippen LogP contribution >= 0.6 is 11.3 Å². The second-order valence-corrected chi connectivity index (χ2v) is 5.80. The molecule has 2 nitrogen and oxygen atoms in total. The maximum Gasteiger partial charge on any atom is 0.123 e. The van der Waals surface area contributed by atoms with Crippen molar-refractivity contribution in [3.63, 3.8) is 0 Å². The normalized spacial score (nSPS) is 14.3. The summed E-state index contributed by atoms with van der Waals surface area (Å²) in [6.45, 7) is 5.19. The van der Waals surface area contributed by atoms with Gasteiger partial charge in [-0.1, -0.05) is 19.1 Å². The van der Waals surface area contributed by atoms with E-state index in [0.29, 0.717) is 0 Å². The number of rotatable bonds is 6. The van der Waals surface area contributed by atoms with E-state index in [1.165, 1.54) is 6.07 Å². The Morgan fingerprint density at radius 3 is 2.89 bits per heavy atom. The number of hydrogen-bond acceptors (Lipinski definition) is 3. The first-order valence-corrected chi connectivity index (χ1v) is 7.41. The Morgan fingerprint density at radius 2 is 2.26 bits per heavy atom. The van der Waals surface area contributed by atoms with E-state index < -0.39 is 0 Å². The number of thiazole rings is 1. The van der Waals surface area contributed by atoms with Crippen molar-refractivity contribution in [3.8, 4) is 0 Å². The molecule has 0 aliphatic carbocycles. The van der Waals surface area contributed by atoms with Crippen molar-refractivity contribution in [3.05, 3.63) is 52.2 Å². The molecule has 0 fully saturated rings. The third-order valence-corrected chi connectivity index (χ3v) is 4.15. The van der Waals surface area contributed by atoms with Gasteiger partial charge in [-0.3, -0.25) is 0 Å². The van der Waals surface area contributed by atoms with Gasteiger partial charge in [-0.25, -0.2) is 9.37 Å². The highest BCUT2D eigenvalue weighted by Crippen LogP contribution is 2.27. The molecule has 0 amide bonds. The summed E-state index contributed by atoms with van der Waals surface area (Å²) in [5.41, 5.74) is 0.749. The van der Waals surface area contributed by atoms with Crippen LogP contribution in [0.1, 0.15) is 30.8 Å². The van der Waals surface area contributed by atoms with E-state index in [0.717, 1.165) is 30.0 Å². The molecule has 0 saturated heterocycles. The summed E-state index contributed by atoms with van der Waals surface area (Å²) in [7, 11) is 0. The zero-order valence-corrected chi connectivity index (χ0v) is 12.1. The Kier molecular flexibility index (Phi) is 4.66. The Balaban J connectivity index is 2.23. The lowest BCUT2D eigenvalue weighted by Crippen LogP contribution is -2.42. The standard InChI is InChI=1S/C15H19FN2S/c1-3-7-18-15(2,14-17-8-9-19-14)11-12-5-4-6-13(16)10-12/h4-6,8-10,18H,3,7,11H2,1-2H3. The van der Waals surface area contributed by atoms with Crippen molar-refractivity contribution in [2.75, 3.05) is 6.54 Å². The minimum Gasteiger partial charge on any atom is -0.305 e. The number of aromatic nitrogens is 1. The van der Waals surface area contributed by atoms with Crippen molar-refractivity contribution in [2.24, 2.45) is 0 Å². The van der Waals surface area contributed by atoms with Gasteiger partial charge in [0.2, 0.25) is 0 Å². The number of nitrogens with zero attached hydrogens (tertiary/aromatic N) is 1. The van der Waals surface area contributed by atoms with Crippen LogP contribution in [0.2, 0.25) is 0 Å². The maximum atomic E-state index is 13.3. The van der Waals surface area contributed by atoms with Gasteiger partial charge in [0.25, 0.3) is 0 Å². The molecule has 1 unspecified atom stereocenters. The molecule has 1 heterocycles. The molecule has 1 aromatic carbocycles. The largest absolute Gasteiger partial charge is 0.305 e. The first kappa shape index (κ1) is 14.2. The SMILES string of the molecule is CCCNC(C)(Cc1cccc(F)c1)c1nccs1. The Bertz CT molecular complexity index is 513. The highest BCUT2D eigenvalue weighted by atomic mass is 32.1. The van der Waals surface area contributed by atoms with Crippen LogP contribution in [0, 0.1) is 5.82 Å². The van der Waals surface area contributed by atoms with Crippen LogP contribution in [0.25, 0.3) is 0 Å². The lowest BCUT2D eigenvalue weighted by Gasteiger charge is -2.29. The predicted molar refractivity (Wildman–Crippen MR) is 77.9 cm³/mol. The average Bonchev–Trinajstić information content (AvgIpc) is 2.91. The van der Waals surface area contributed by atoms with E-state index in [9.17, 15) is 4.39 Å². The lowest BCUT2D eigenvalue weighted by molar-refractivity contribution is 0.362. The van der Waals surface area contributed by atoms with E-state index >= 15 is 0 Å². The molecule has 2 aromatic rings. The van der Waals surface area contributed by atoms with Crippen LogP contribution in [0.5, 0.6) is 0 Å². The topological polar surface area (TPSA) is 24.9 Å². The first-order chi connectivity index (χ1) is 9.14. The molecule has 0 saturated carbocycles. The molecule has 0 spiro atoms. The highest BCUT2D eigenvalue weighted by Gasteiger charge is 2.28. The van der Waals surface area contributed by atoms with Gasteiger partial charge in [0.05, 0.1) is 5.54 Å². The van der Waals surface area contributed by atoms with Gasteiger partial charge in [0.15, 0.2) is 0 Å². The average molecular weight is 278 g/mol. The summed E-state index contributed by atoms with van der Waals surface area (Å²) in [5, 5.41) is 6.57. The monoisotopic (exact) mass is 278 g/mol. The zero-order valence-electron chi connectivity index (χ0n) is 11.3. The van der Waals surface area contributed by atoms with Crippen molar-refractivity contribution in [1.29, 1.82) is 0 Å². The smallest absolute Gasteiger partial charge is 0.123 e. The minimum absolute atomic E-state index is 0.186. The Hall–Kier alpha value is -1.26. The molecule has 0 bridgehead atoms. The molecule has 4 heteroatoms. The molecular weight excluding hydrogens is 259 g/mol. The fourth-order valence-electron chi connectivity index (χ4n) is 2.17. The van der Waals surface area contributed by atoms with Gasteiger partial charge in [0, 0.05) is 11.6 Å². The molecule has 102 valence electrons. The zero-order chi connectivity index (χ0) is 13.7. The summed E-state index contributed by atoms with van der Waals surface area (Å²) in [5.74, 6) is -0.186. The van der Waals surface area contributed by atoms with Crippen LogP contribution < -0.4 is 5.32 Å². The molecule has 0 radical (unpaired) electrons. The lowest BCUT2D eigenvalue weighted by atomic mass is 9.93. The highest BCUT2D eigenvalue weighted by molar-refractivity contribution is 7.09. The Labute approximate surface area is 117 Å². The van der Waals surface area contributed by atoms with Gasteiger partial charge in [-0.15, -0.1) is 11.3 Å². The van der Waals surface area contributed by atoms with Crippen molar-refractivity contribution < 1.29 is 4.39 Å². The van der Waals surface area contributed by atoms with Crippen molar-refractivity contribution >= 4 is 11.3 Å². The van der Waals surface area contributed by atoms with E-state index in [1.54, 1.807) is 23.5 Å². The van der Waals surface area contributed by atoms with Gasteiger partial charge < -0.3 is 5.32 Å². The molecule has 1 atom stereocenters. The van der Waals surface area contributed by atoms with E-state index in [-0.39, 0.29) is 11.4 Å². The number of benzene rings is 1. The van der Waals surface area contributed by atoms with Crippen LogP contribution in [0.3, 0.4) is 0 Å². The van der Waals surface area contributed by atoms with Crippen molar-refractivity contribution in [1.82, 2.24) is 10.3 Å². The number of nitrogens with one attached hydrogen (secondary N) is 1. The molecule has 0 aliphatic rings. The van der Waals surface area contributed by atoms with Gasteiger partial charge >= 0.3 is 0 Å². The third kappa shape index (κ3) is 3.61. The second kappa shape index (κ2) is 6.26. The van der Waals surface area contributed by atoms with E-state index in [2.05, 4.69) is 24.1 Å². The molecule has 1 N–H and O–H groups in total. The quantitative estimate of drug-likeness (QED) is 0.870. The van der Waals surface area contributed by atoms with Gasteiger partial charge in [-0.2, -0.15) is 0 Å². The minimum atomic E-state index is -0.238. The third-order valence-electron chi connectivity index (χ3n) is 3.12. The number of hydrogen-bond donors (Lipinski definition) is 1. The summed E-state index contributed by atoms with van der Waals surface area (Å²) < 4.78 is 13.3.